The highest BCUT2D eigenvalue weighted by atomic mass is 16.5. The van der Waals surface area contributed by atoms with Crippen LogP contribution in [0.1, 0.15) is 36.7 Å². The van der Waals surface area contributed by atoms with Crippen LogP contribution in [0.4, 0.5) is 5.82 Å². The maximum atomic E-state index is 12.0. The molecule has 0 spiro atoms. The number of ether oxygens (including phenoxy) is 1. The first-order chi connectivity index (χ1) is 10.1. The van der Waals surface area contributed by atoms with E-state index in [0.717, 1.165) is 44.8 Å². The van der Waals surface area contributed by atoms with E-state index in [2.05, 4.69) is 21.8 Å². The fourth-order valence-corrected chi connectivity index (χ4v) is 2.41. The number of aromatic nitrogens is 2. The van der Waals surface area contributed by atoms with Gasteiger partial charge < -0.3 is 14.5 Å². The number of rotatable bonds is 5. The van der Waals surface area contributed by atoms with Crippen molar-refractivity contribution in [3.63, 3.8) is 0 Å². The monoisotopic (exact) mass is 292 g/mol. The smallest absolute Gasteiger partial charge is 0.273 e. The zero-order chi connectivity index (χ0) is 15.2. The van der Waals surface area contributed by atoms with E-state index in [9.17, 15) is 4.79 Å². The summed E-state index contributed by atoms with van der Waals surface area (Å²) in [6.45, 7) is 4.65. The Morgan fingerprint density at radius 1 is 1.48 bits per heavy atom. The molecule has 0 aliphatic carbocycles. The molecule has 1 saturated heterocycles. The molecule has 0 saturated carbocycles. The lowest BCUT2D eigenvalue weighted by atomic mass is 10.1. The Balaban J connectivity index is 2.07. The van der Waals surface area contributed by atoms with Gasteiger partial charge in [-0.25, -0.2) is 4.98 Å². The molecule has 1 aliphatic heterocycles. The molecule has 0 aromatic carbocycles. The summed E-state index contributed by atoms with van der Waals surface area (Å²) in [4.78, 5) is 24.2. The summed E-state index contributed by atoms with van der Waals surface area (Å²) in [6, 6.07) is 0. The van der Waals surface area contributed by atoms with Crippen LogP contribution >= 0.6 is 0 Å². The Morgan fingerprint density at radius 3 is 3.00 bits per heavy atom. The van der Waals surface area contributed by atoms with Crippen molar-refractivity contribution in [2.24, 2.45) is 0 Å². The van der Waals surface area contributed by atoms with Crippen LogP contribution in [0.15, 0.2) is 12.4 Å². The molecule has 0 N–H and O–H groups in total. The third-order valence-electron chi connectivity index (χ3n) is 3.51. The van der Waals surface area contributed by atoms with E-state index < -0.39 is 0 Å². The average molecular weight is 292 g/mol. The van der Waals surface area contributed by atoms with Crippen molar-refractivity contribution in [1.82, 2.24) is 14.9 Å². The highest BCUT2D eigenvalue weighted by molar-refractivity contribution is 5.91. The minimum atomic E-state index is -0.125. The predicted octanol–water partition coefficient (Wildman–Crippen LogP) is 1.57. The van der Waals surface area contributed by atoms with Crippen molar-refractivity contribution < 1.29 is 9.53 Å². The molecule has 1 aromatic rings. The van der Waals surface area contributed by atoms with Crippen LogP contribution in [0.3, 0.4) is 0 Å². The van der Waals surface area contributed by atoms with E-state index >= 15 is 0 Å². The van der Waals surface area contributed by atoms with Crippen LogP contribution in [-0.2, 0) is 4.74 Å². The number of hydrogen-bond acceptors (Lipinski definition) is 5. The van der Waals surface area contributed by atoms with Gasteiger partial charge in [-0.05, 0) is 19.3 Å². The van der Waals surface area contributed by atoms with Crippen molar-refractivity contribution in [2.45, 2.75) is 32.3 Å². The molecule has 1 aliphatic rings. The van der Waals surface area contributed by atoms with E-state index in [0.29, 0.717) is 5.69 Å². The Hall–Kier alpha value is -1.69. The largest absolute Gasteiger partial charge is 0.376 e. The van der Waals surface area contributed by atoms with Gasteiger partial charge in [0.15, 0.2) is 0 Å². The van der Waals surface area contributed by atoms with Crippen molar-refractivity contribution in [1.29, 1.82) is 0 Å². The van der Waals surface area contributed by atoms with Crippen molar-refractivity contribution >= 4 is 11.7 Å². The second-order valence-corrected chi connectivity index (χ2v) is 5.54. The van der Waals surface area contributed by atoms with Crippen LogP contribution in [0.2, 0.25) is 0 Å². The standard InChI is InChI=1S/C15H24N4O2/c1-4-8-21-12-6-5-7-19(11-12)14-10-16-9-13(17-14)15(20)18(2)3/h9-10,12H,4-8,11H2,1-3H3. The molecule has 116 valence electrons. The maximum Gasteiger partial charge on any atom is 0.273 e. The van der Waals surface area contributed by atoms with Crippen LogP contribution in [-0.4, -0.2) is 60.7 Å². The molecule has 21 heavy (non-hydrogen) atoms. The van der Waals surface area contributed by atoms with Gasteiger partial charge in [-0.15, -0.1) is 0 Å². The molecule has 2 heterocycles. The molecular formula is C15H24N4O2. The van der Waals surface area contributed by atoms with Gasteiger partial charge in [0, 0.05) is 33.8 Å². The van der Waals surface area contributed by atoms with E-state index in [4.69, 9.17) is 4.74 Å². The topological polar surface area (TPSA) is 58.6 Å². The summed E-state index contributed by atoms with van der Waals surface area (Å²) in [5.74, 6) is 0.632. The van der Waals surface area contributed by atoms with E-state index in [1.54, 1.807) is 20.3 Å². The molecule has 0 radical (unpaired) electrons. The summed E-state index contributed by atoms with van der Waals surface area (Å²) < 4.78 is 5.83. The molecule has 1 fully saturated rings. The van der Waals surface area contributed by atoms with Gasteiger partial charge in [0.2, 0.25) is 0 Å². The normalized spacial score (nSPS) is 18.6. The summed E-state index contributed by atoms with van der Waals surface area (Å²) in [5, 5.41) is 0. The second-order valence-electron chi connectivity index (χ2n) is 5.54. The highest BCUT2D eigenvalue weighted by Crippen LogP contribution is 2.19. The van der Waals surface area contributed by atoms with Crippen molar-refractivity contribution in [3.05, 3.63) is 18.1 Å². The maximum absolute atomic E-state index is 12.0. The summed E-state index contributed by atoms with van der Waals surface area (Å²) >= 11 is 0. The first kappa shape index (κ1) is 15.7. The Bertz CT molecular complexity index is 478. The molecular weight excluding hydrogens is 268 g/mol. The zero-order valence-corrected chi connectivity index (χ0v) is 13.1. The molecule has 6 heteroatoms. The van der Waals surface area contributed by atoms with Crippen LogP contribution in [0, 0.1) is 0 Å². The van der Waals surface area contributed by atoms with Crippen molar-refractivity contribution in [2.75, 3.05) is 38.7 Å². The number of anilines is 1. The molecule has 0 bridgehead atoms. The Labute approximate surface area is 126 Å². The lowest BCUT2D eigenvalue weighted by Gasteiger charge is -2.33. The average Bonchev–Trinajstić information content (AvgIpc) is 2.52. The highest BCUT2D eigenvalue weighted by Gasteiger charge is 2.22. The Morgan fingerprint density at radius 2 is 2.29 bits per heavy atom. The number of nitrogens with zero attached hydrogens (tertiary/aromatic N) is 4. The first-order valence-corrected chi connectivity index (χ1v) is 7.52. The minimum Gasteiger partial charge on any atom is -0.376 e. The number of piperidine rings is 1. The van der Waals surface area contributed by atoms with E-state index in [1.165, 1.54) is 11.1 Å². The molecule has 1 atom stereocenters. The van der Waals surface area contributed by atoms with Gasteiger partial charge in [0.1, 0.15) is 11.5 Å². The quantitative estimate of drug-likeness (QED) is 0.824. The summed E-state index contributed by atoms with van der Waals surface area (Å²) in [5.41, 5.74) is 0.383. The van der Waals surface area contributed by atoms with Gasteiger partial charge in [-0.3, -0.25) is 9.78 Å². The van der Waals surface area contributed by atoms with Crippen LogP contribution in [0.25, 0.3) is 0 Å². The fourth-order valence-electron chi connectivity index (χ4n) is 2.41. The molecule has 1 amide bonds. The number of hydrogen-bond donors (Lipinski definition) is 0. The lowest BCUT2D eigenvalue weighted by Crippen LogP contribution is -2.40. The number of amides is 1. The molecule has 6 nitrogen and oxygen atoms in total. The fraction of sp³-hybridized carbons (Fsp3) is 0.667. The first-order valence-electron chi connectivity index (χ1n) is 7.52. The van der Waals surface area contributed by atoms with Crippen LogP contribution < -0.4 is 4.90 Å². The SMILES string of the molecule is CCCOC1CCCN(c2cncc(C(=O)N(C)C)n2)C1. The Kier molecular flexibility index (Phi) is 5.50. The van der Waals surface area contributed by atoms with E-state index in [-0.39, 0.29) is 12.0 Å². The van der Waals surface area contributed by atoms with Gasteiger partial charge in [0.25, 0.3) is 5.91 Å². The molecule has 1 aromatic heterocycles. The van der Waals surface area contributed by atoms with Gasteiger partial charge in [0.05, 0.1) is 18.5 Å². The van der Waals surface area contributed by atoms with Crippen molar-refractivity contribution in [3.8, 4) is 0 Å². The summed E-state index contributed by atoms with van der Waals surface area (Å²) in [6.07, 6.45) is 6.66. The van der Waals surface area contributed by atoms with E-state index in [1.807, 2.05) is 0 Å². The minimum absolute atomic E-state index is 0.125. The summed E-state index contributed by atoms with van der Waals surface area (Å²) in [7, 11) is 3.43. The van der Waals surface area contributed by atoms with Crippen LogP contribution in [0.5, 0.6) is 0 Å². The molecule has 2 rings (SSSR count). The predicted molar refractivity (Wildman–Crippen MR) is 81.5 cm³/mol. The molecule has 1 unspecified atom stereocenters. The van der Waals surface area contributed by atoms with Gasteiger partial charge in [-0.1, -0.05) is 6.92 Å². The third kappa shape index (κ3) is 4.14. The van der Waals surface area contributed by atoms with Gasteiger partial charge in [-0.2, -0.15) is 0 Å². The second kappa shape index (κ2) is 7.36. The number of carbonyl (C=O) groups excluding carboxylic acids is 1. The zero-order valence-electron chi connectivity index (χ0n) is 13.1. The number of carbonyl (C=O) groups is 1. The van der Waals surface area contributed by atoms with Gasteiger partial charge >= 0.3 is 0 Å². The third-order valence-corrected chi connectivity index (χ3v) is 3.51. The lowest BCUT2D eigenvalue weighted by molar-refractivity contribution is 0.0439.